The van der Waals surface area contributed by atoms with Crippen molar-refractivity contribution in [2.75, 3.05) is 13.1 Å². The lowest BCUT2D eigenvalue weighted by Crippen LogP contribution is -2.63. The number of fused-ring (bicyclic) bond motifs is 10. The van der Waals surface area contributed by atoms with E-state index < -0.39 is 0 Å². The molecule has 6 heteroatoms. The van der Waals surface area contributed by atoms with E-state index in [1.807, 2.05) is 18.5 Å². The fourth-order valence-corrected chi connectivity index (χ4v) is 15.0. The number of rotatable bonds is 3. The number of pyridine rings is 2. The highest BCUT2D eigenvalue weighted by Gasteiger charge is 2.62. The average Bonchev–Trinajstić information content (AvgIpc) is 3.59. The summed E-state index contributed by atoms with van der Waals surface area (Å²) >= 11 is 0. The maximum Gasteiger partial charge on any atom is 0.246 e. The number of aromatic nitrogens is 2. The molecule has 54 heavy (non-hydrogen) atoms. The molecule has 4 aliphatic heterocycles. The van der Waals surface area contributed by atoms with Gasteiger partial charge in [-0.3, -0.25) is 19.6 Å². The highest BCUT2D eigenvalue weighted by molar-refractivity contribution is 5.89. The smallest absolute Gasteiger partial charge is 0.246 e. The van der Waals surface area contributed by atoms with Crippen molar-refractivity contribution in [1.29, 1.82) is 0 Å². The largest absolute Gasteiger partial charge is 0.336 e. The van der Waals surface area contributed by atoms with Gasteiger partial charge >= 0.3 is 0 Å². The number of amides is 2. The lowest BCUT2D eigenvalue weighted by atomic mass is 9.51. The Morgan fingerprint density at radius 2 is 1.43 bits per heavy atom. The summed E-state index contributed by atoms with van der Waals surface area (Å²) in [5.74, 6) is 3.98. The Morgan fingerprint density at radius 1 is 0.741 bits per heavy atom. The molecule has 2 aromatic rings. The summed E-state index contributed by atoms with van der Waals surface area (Å²) < 4.78 is 0. The van der Waals surface area contributed by atoms with Crippen LogP contribution in [0, 0.1) is 52.3 Å². The first-order chi connectivity index (χ1) is 26.1. The highest BCUT2D eigenvalue weighted by Crippen LogP contribution is 2.68. The molecule has 2 saturated heterocycles. The van der Waals surface area contributed by atoms with Crippen LogP contribution in [0.1, 0.15) is 109 Å². The molecule has 0 spiro atoms. The number of nitrogens with zero attached hydrogens (tertiary/aromatic N) is 4. The predicted octanol–water partition coefficient (Wildman–Crippen LogP) is 9.33. The minimum atomic E-state index is -0.206. The second-order valence-corrected chi connectivity index (χ2v) is 19.5. The van der Waals surface area contributed by atoms with E-state index in [2.05, 4.69) is 103 Å². The van der Waals surface area contributed by atoms with E-state index in [-0.39, 0.29) is 33.7 Å². The monoisotopic (exact) mass is 722 g/mol. The van der Waals surface area contributed by atoms with Gasteiger partial charge in [-0.05, 0) is 165 Å². The number of carbonyl (C=O) groups excluding carboxylic acids is 2. The van der Waals surface area contributed by atoms with Crippen molar-refractivity contribution in [3.05, 3.63) is 96.1 Å². The maximum absolute atomic E-state index is 14.3. The molecule has 282 valence electrons. The van der Waals surface area contributed by atoms with E-state index >= 15 is 0 Å². The standard InChI is InChI=1S/C48H58N4O2/c1-45-21-16-40-34(38(45)14-13-37(45)32-9-7-23-49-29-32)18-26-52-43(54)15-12-31(28-48(40,52)4)36-27-41-35-19-25-51-42(53)11-5-6-20-47(51,3)39(35)17-22-46(41,2)44(36)33-10-8-24-50-30-33/h5-10,12-13,15,23-24,29-31,34-35,38-41H,11,14,16-22,25-28H2,1-4H3. The van der Waals surface area contributed by atoms with Gasteiger partial charge in [-0.15, -0.1) is 0 Å². The van der Waals surface area contributed by atoms with E-state index in [1.165, 1.54) is 22.3 Å². The van der Waals surface area contributed by atoms with Gasteiger partial charge in [0.05, 0.1) is 0 Å². The highest BCUT2D eigenvalue weighted by atomic mass is 16.2. The molecule has 4 aliphatic carbocycles. The molecule has 6 heterocycles. The fourth-order valence-electron chi connectivity index (χ4n) is 15.0. The molecule has 0 bridgehead atoms. The van der Waals surface area contributed by atoms with Gasteiger partial charge in [0.15, 0.2) is 0 Å². The number of hydrogen-bond donors (Lipinski definition) is 0. The Balaban J connectivity index is 1.01. The van der Waals surface area contributed by atoms with Crippen LogP contribution in [-0.2, 0) is 9.59 Å². The molecular formula is C48H58N4O2. The van der Waals surface area contributed by atoms with Crippen LogP contribution >= 0.6 is 0 Å². The van der Waals surface area contributed by atoms with Crippen LogP contribution in [0.3, 0.4) is 0 Å². The second-order valence-electron chi connectivity index (χ2n) is 19.5. The molecule has 8 aliphatic rings. The molecule has 0 N–H and O–H groups in total. The summed E-state index contributed by atoms with van der Waals surface area (Å²) in [5, 5.41) is 0. The van der Waals surface area contributed by atoms with Crippen molar-refractivity contribution < 1.29 is 9.59 Å². The first-order valence-corrected chi connectivity index (χ1v) is 21.3. The molecule has 0 aromatic carbocycles. The van der Waals surface area contributed by atoms with Crippen molar-refractivity contribution >= 4 is 23.0 Å². The number of hydrogen-bond acceptors (Lipinski definition) is 4. The van der Waals surface area contributed by atoms with E-state index in [1.54, 1.807) is 5.57 Å². The van der Waals surface area contributed by atoms with Crippen LogP contribution < -0.4 is 0 Å². The lowest BCUT2D eigenvalue weighted by molar-refractivity contribution is -0.149. The third kappa shape index (κ3) is 4.82. The van der Waals surface area contributed by atoms with Gasteiger partial charge in [-0.1, -0.05) is 55.9 Å². The summed E-state index contributed by atoms with van der Waals surface area (Å²) in [6.07, 6.45) is 30.7. The van der Waals surface area contributed by atoms with E-state index in [4.69, 9.17) is 4.98 Å². The van der Waals surface area contributed by atoms with Crippen LogP contribution in [0.15, 0.2) is 85.0 Å². The van der Waals surface area contributed by atoms with Crippen molar-refractivity contribution in [3.8, 4) is 0 Å². The van der Waals surface area contributed by atoms with Crippen LogP contribution in [0.4, 0.5) is 0 Å². The minimum absolute atomic E-state index is 0.0351. The Morgan fingerprint density at radius 3 is 2.17 bits per heavy atom. The zero-order chi connectivity index (χ0) is 37.0. The van der Waals surface area contributed by atoms with Crippen molar-refractivity contribution in [1.82, 2.24) is 19.8 Å². The van der Waals surface area contributed by atoms with Gasteiger partial charge in [0, 0.05) is 61.3 Å². The zero-order valence-electron chi connectivity index (χ0n) is 32.8. The SMILES string of the molecule is CC12CCC3C(CCN4C(=O)C=CC(C5=C(c6cccnc6)C6(C)CCC7C(CCN8C(=O)CC=CCC78C)C6C5)CC34C)C1CC=C2c1cccnc1. The summed E-state index contributed by atoms with van der Waals surface area (Å²) in [7, 11) is 0. The third-order valence-corrected chi connectivity index (χ3v) is 17.4. The summed E-state index contributed by atoms with van der Waals surface area (Å²) in [5.41, 5.74) is 7.01. The lowest BCUT2D eigenvalue weighted by Gasteiger charge is -2.60. The Hall–Kier alpha value is -3.80. The third-order valence-electron chi connectivity index (χ3n) is 17.4. The normalized spacial score (nSPS) is 42.6. The summed E-state index contributed by atoms with van der Waals surface area (Å²) in [4.78, 5) is 41.4. The van der Waals surface area contributed by atoms with Gasteiger partial charge in [0.1, 0.15) is 0 Å². The molecule has 4 fully saturated rings. The Labute approximate surface area is 322 Å². The molecule has 11 unspecified atom stereocenters. The van der Waals surface area contributed by atoms with Gasteiger partial charge < -0.3 is 9.80 Å². The molecule has 2 saturated carbocycles. The van der Waals surface area contributed by atoms with Crippen molar-refractivity contribution in [2.24, 2.45) is 52.3 Å². The maximum atomic E-state index is 14.3. The first kappa shape index (κ1) is 34.7. The molecular weight excluding hydrogens is 665 g/mol. The molecule has 6 nitrogen and oxygen atoms in total. The minimum Gasteiger partial charge on any atom is -0.336 e. The van der Waals surface area contributed by atoms with E-state index in [9.17, 15) is 9.59 Å². The Bertz CT molecular complexity index is 1980. The molecule has 0 radical (unpaired) electrons. The zero-order valence-corrected chi connectivity index (χ0v) is 32.8. The molecule has 2 amide bonds. The number of allylic oxidation sites excluding steroid dienone is 5. The number of piperidine rings is 2. The fraction of sp³-hybridized carbons (Fsp3) is 0.583. The first-order valence-electron chi connectivity index (χ1n) is 21.3. The molecule has 2 aromatic heterocycles. The summed E-state index contributed by atoms with van der Waals surface area (Å²) in [6.45, 7) is 11.7. The molecule has 10 rings (SSSR count). The van der Waals surface area contributed by atoms with Gasteiger partial charge in [0.2, 0.25) is 11.8 Å². The van der Waals surface area contributed by atoms with Crippen molar-refractivity contribution in [2.45, 2.75) is 109 Å². The Kier molecular flexibility index (Phi) is 7.93. The number of carbonyl (C=O) groups is 2. The van der Waals surface area contributed by atoms with Gasteiger partial charge in [-0.2, -0.15) is 0 Å². The van der Waals surface area contributed by atoms with Crippen LogP contribution in [-0.4, -0.2) is 55.7 Å². The average molecular weight is 723 g/mol. The quantitative estimate of drug-likeness (QED) is 0.296. The topological polar surface area (TPSA) is 66.4 Å². The van der Waals surface area contributed by atoms with Crippen LogP contribution in [0.25, 0.3) is 11.1 Å². The second kappa shape index (κ2) is 12.4. The van der Waals surface area contributed by atoms with Crippen LogP contribution in [0.5, 0.6) is 0 Å². The summed E-state index contributed by atoms with van der Waals surface area (Å²) in [6, 6.07) is 8.73. The van der Waals surface area contributed by atoms with Crippen molar-refractivity contribution in [3.63, 3.8) is 0 Å². The van der Waals surface area contributed by atoms with Crippen LogP contribution in [0.2, 0.25) is 0 Å². The predicted molar refractivity (Wildman–Crippen MR) is 213 cm³/mol. The van der Waals surface area contributed by atoms with E-state index in [0.29, 0.717) is 47.8 Å². The van der Waals surface area contributed by atoms with Gasteiger partial charge in [0.25, 0.3) is 0 Å². The molecule has 11 atom stereocenters. The van der Waals surface area contributed by atoms with E-state index in [0.717, 1.165) is 77.3 Å². The van der Waals surface area contributed by atoms with Gasteiger partial charge in [-0.25, -0.2) is 0 Å².